The number of benzene rings is 1. The zero-order valence-corrected chi connectivity index (χ0v) is 14.0. The van der Waals surface area contributed by atoms with E-state index in [9.17, 15) is 4.79 Å². The van der Waals surface area contributed by atoms with Gasteiger partial charge in [-0.1, -0.05) is 17.8 Å². The molecule has 0 radical (unpaired) electrons. The van der Waals surface area contributed by atoms with Gasteiger partial charge in [-0.15, -0.1) is 0 Å². The smallest absolute Gasteiger partial charge is 0.316 e. The molecular weight excluding hydrogens is 282 g/mol. The van der Waals surface area contributed by atoms with Crippen LogP contribution in [0.2, 0.25) is 0 Å². The highest BCUT2D eigenvalue weighted by atomic mass is 32.2. The molecule has 0 aliphatic rings. The van der Waals surface area contributed by atoms with Gasteiger partial charge in [0.15, 0.2) is 0 Å². The van der Waals surface area contributed by atoms with Gasteiger partial charge in [-0.05, 0) is 63.4 Å². The highest BCUT2D eigenvalue weighted by molar-refractivity contribution is 7.99. The molecule has 2 rings (SSSR count). The average molecular weight is 303 g/mol. The lowest BCUT2D eigenvalue weighted by Crippen LogP contribution is -2.13. The molecule has 0 aliphatic carbocycles. The molecule has 0 amide bonds. The zero-order valence-electron chi connectivity index (χ0n) is 13.2. The Morgan fingerprint density at radius 2 is 1.90 bits per heavy atom. The maximum absolute atomic E-state index is 11.6. The van der Waals surface area contributed by atoms with Crippen molar-refractivity contribution in [3.8, 4) is 0 Å². The third kappa shape index (κ3) is 3.97. The summed E-state index contributed by atoms with van der Waals surface area (Å²) in [5, 5.41) is 2.07. The first-order valence-corrected chi connectivity index (χ1v) is 8.06. The van der Waals surface area contributed by atoms with Crippen molar-refractivity contribution in [1.29, 1.82) is 0 Å². The van der Waals surface area contributed by atoms with Gasteiger partial charge in [-0.2, -0.15) is 0 Å². The van der Waals surface area contributed by atoms with Crippen LogP contribution in [0.15, 0.2) is 23.2 Å². The fraction of sp³-hybridized carbons (Fsp3) is 0.412. The molecule has 0 saturated carbocycles. The fourth-order valence-electron chi connectivity index (χ4n) is 2.28. The van der Waals surface area contributed by atoms with Crippen molar-refractivity contribution in [2.45, 2.75) is 45.7 Å². The van der Waals surface area contributed by atoms with Crippen LogP contribution >= 0.6 is 11.8 Å². The molecule has 0 spiro atoms. The Bertz CT molecular complexity index is 680. The number of aromatic nitrogens is 1. The Labute approximate surface area is 130 Å². The molecule has 0 bridgehead atoms. The zero-order chi connectivity index (χ0) is 15.6. The molecule has 1 aromatic heterocycles. The van der Waals surface area contributed by atoms with Gasteiger partial charge >= 0.3 is 5.97 Å². The van der Waals surface area contributed by atoms with Gasteiger partial charge in [-0.3, -0.25) is 4.79 Å². The number of pyridine rings is 1. The minimum atomic E-state index is -0.197. The van der Waals surface area contributed by atoms with E-state index in [4.69, 9.17) is 9.72 Å². The van der Waals surface area contributed by atoms with Gasteiger partial charge in [-0.25, -0.2) is 4.98 Å². The molecule has 0 fully saturated rings. The Hall–Kier alpha value is -1.55. The third-order valence-electron chi connectivity index (χ3n) is 3.12. The van der Waals surface area contributed by atoms with Crippen LogP contribution in [0.1, 0.15) is 30.5 Å². The van der Waals surface area contributed by atoms with E-state index in [0.29, 0.717) is 5.75 Å². The van der Waals surface area contributed by atoms with Crippen LogP contribution in [0.5, 0.6) is 0 Å². The summed E-state index contributed by atoms with van der Waals surface area (Å²) in [6, 6.07) is 6.39. The van der Waals surface area contributed by atoms with Gasteiger partial charge < -0.3 is 4.74 Å². The molecule has 112 valence electrons. The number of hydrogen-bond acceptors (Lipinski definition) is 4. The van der Waals surface area contributed by atoms with Crippen molar-refractivity contribution in [3.63, 3.8) is 0 Å². The average Bonchev–Trinajstić information content (AvgIpc) is 2.36. The normalized spacial score (nSPS) is 11.1. The first-order chi connectivity index (χ1) is 9.86. The standard InChI is InChI=1S/C17H21NO2S/c1-10(2)20-16(19)9-21-17-13(5)8-14-12(4)6-11(3)7-15(14)18-17/h6-8,10H,9H2,1-5H3. The van der Waals surface area contributed by atoms with Crippen molar-refractivity contribution in [1.82, 2.24) is 4.98 Å². The molecule has 1 aromatic carbocycles. The monoisotopic (exact) mass is 303 g/mol. The second kappa shape index (κ2) is 6.48. The number of rotatable bonds is 4. The van der Waals surface area contributed by atoms with Gasteiger partial charge in [0.25, 0.3) is 0 Å². The lowest BCUT2D eigenvalue weighted by Gasteiger charge is -2.10. The van der Waals surface area contributed by atoms with Crippen molar-refractivity contribution in [2.24, 2.45) is 0 Å². The lowest BCUT2D eigenvalue weighted by atomic mass is 10.1. The van der Waals surface area contributed by atoms with E-state index in [1.807, 2.05) is 20.8 Å². The fourth-order valence-corrected chi connectivity index (χ4v) is 3.05. The van der Waals surface area contributed by atoms with Crippen LogP contribution in [0, 0.1) is 20.8 Å². The van der Waals surface area contributed by atoms with Crippen molar-refractivity contribution in [2.75, 3.05) is 5.75 Å². The Kier molecular flexibility index (Phi) is 4.88. The van der Waals surface area contributed by atoms with Crippen LogP contribution in [0.3, 0.4) is 0 Å². The molecule has 0 saturated heterocycles. The van der Waals surface area contributed by atoms with Crippen molar-refractivity contribution < 1.29 is 9.53 Å². The van der Waals surface area contributed by atoms with E-state index in [0.717, 1.165) is 16.1 Å². The van der Waals surface area contributed by atoms with E-state index in [1.54, 1.807) is 0 Å². The number of thioether (sulfide) groups is 1. The van der Waals surface area contributed by atoms with E-state index in [1.165, 1.54) is 28.3 Å². The van der Waals surface area contributed by atoms with Crippen LogP contribution in [0.25, 0.3) is 10.9 Å². The quantitative estimate of drug-likeness (QED) is 0.627. The number of carbonyl (C=O) groups excluding carboxylic acids is 1. The number of esters is 1. The minimum absolute atomic E-state index is 0.0749. The molecule has 0 atom stereocenters. The topological polar surface area (TPSA) is 39.2 Å². The van der Waals surface area contributed by atoms with Crippen LogP contribution in [-0.2, 0) is 9.53 Å². The molecular formula is C17H21NO2S. The van der Waals surface area contributed by atoms with E-state index < -0.39 is 0 Å². The summed E-state index contributed by atoms with van der Waals surface area (Å²) < 4.78 is 5.15. The maximum atomic E-state index is 11.6. The second-order valence-electron chi connectivity index (χ2n) is 5.59. The van der Waals surface area contributed by atoms with Gasteiger partial charge in [0, 0.05) is 5.39 Å². The second-order valence-corrected chi connectivity index (χ2v) is 6.55. The summed E-state index contributed by atoms with van der Waals surface area (Å²) in [4.78, 5) is 16.3. The number of nitrogens with zero attached hydrogens (tertiary/aromatic N) is 1. The van der Waals surface area contributed by atoms with Crippen LogP contribution in [-0.4, -0.2) is 22.8 Å². The molecule has 0 aliphatic heterocycles. The SMILES string of the molecule is Cc1cc(C)c2cc(C)c(SCC(=O)OC(C)C)nc2c1. The number of carbonyl (C=O) groups is 1. The lowest BCUT2D eigenvalue weighted by molar-refractivity contribution is -0.144. The van der Waals surface area contributed by atoms with E-state index >= 15 is 0 Å². The molecule has 21 heavy (non-hydrogen) atoms. The number of hydrogen-bond donors (Lipinski definition) is 0. The highest BCUT2D eigenvalue weighted by Gasteiger charge is 2.11. The van der Waals surface area contributed by atoms with E-state index in [-0.39, 0.29) is 12.1 Å². The number of ether oxygens (including phenoxy) is 1. The highest BCUT2D eigenvalue weighted by Crippen LogP contribution is 2.27. The van der Waals surface area contributed by atoms with Gasteiger partial charge in [0.2, 0.25) is 0 Å². The summed E-state index contributed by atoms with van der Waals surface area (Å²) >= 11 is 1.44. The largest absolute Gasteiger partial charge is 0.462 e. The first kappa shape index (κ1) is 15.8. The molecule has 0 N–H and O–H groups in total. The Balaban J connectivity index is 2.24. The summed E-state index contributed by atoms with van der Waals surface area (Å²) in [6.07, 6.45) is -0.0749. The minimum Gasteiger partial charge on any atom is -0.462 e. The van der Waals surface area contributed by atoms with Gasteiger partial charge in [0.1, 0.15) is 5.03 Å². The Morgan fingerprint density at radius 3 is 2.57 bits per heavy atom. The maximum Gasteiger partial charge on any atom is 0.316 e. The summed E-state index contributed by atoms with van der Waals surface area (Å²) in [6.45, 7) is 9.91. The number of fused-ring (bicyclic) bond motifs is 1. The summed E-state index contributed by atoms with van der Waals surface area (Å²) in [7, 11) is 0. The van der Waals surface area contributed by atoms with Crippen molar-refractivity contribution >= 4 is 28.6 Å². The predicted octanol–water partition coefficient (Wildman–Crippen LogP) is 4.20. The molecule has 3 nitrogen and oxygen atoms in total. The molecule has 4 heteroatoms. The number of aryl methyl sites for hydroxylation is 3. The Morgan fingerprint density at radius 1 is 1.19 bits per heavy atom. The van der Waals surface area contributed by atoms with Gasteiger partial charge in [0.05, 0.1) is 17.4 Å². The predicted molar refractivity (Wildman–Crippen MR) is 87.9 cm³/mol. The van der Waals surface area contributed by atoms with Crippen molar-refractivity contribution in [3.05, 3.63) is 34.9 Å². The third-order valence-corrected chi connectivity index (χ3v) is 4.19. The van der Waals surface area contributed by atoms with E-state index in [2.05, 4.69) is 32.0 Å². The molecule has 0 unspecified atom stereocenters. The van der Waals surface area contributed by atoms with Crippen LogP contribution < -0.4 is 0 Å². The molecule has 1 heterocycles. The first-order valence-electron chi connectivity index (χ1n) is 7.07. The van der Waals surface area contributed by atoms with Crippen LogP contribution in [0.4, 0.5) is 0 Å². The molecule has 2 aromatic rings. The summed E-state index contributed by atoms with van der Waals surface area (Å²) in [5.41, 5.74) is 4.51. The summed E-state index contributed by atoms with van der Waals surface area (Å²) in [5.74, 6) is 0.0965.